The molecule has 0 aliphatic heterocycles. The molecule has 4 heteroatoms. The van der Waals surface area contributed by atoms with Crippen LogP contribution in [0.25, 0.3) is 0 Å². The van der Waals surface area contributed by atoms with Gasteiger partial charge < -0.3 is 0 Å². The van der Waals surface area contributed by atoms with E-state index in [9.17, 15) is 0 Å². The summed E-state index contributed by atoms with van der Waals surface area (Å²) in [5, 5.41) is 1.74. The standard InChI is InChI=1S/C18H18N4/c1-4-10-16(11-5-1)19-22(20-17-12-6-2-7-13-17)21-18-14-8-3-9-15-18/h1-15,19-21H. The average Bonchev–Trinajstić information content (AvgIpc) is 2.57. The van der Waals surface area contributed by atoms with E-state index in [4.69, 9.17) is 0 Å². The lowest BCUT2D eigenvalue weighted by Crippen LogP contribution is -2.40. The first-order valence-corrected chi connectivity index (χ1v) is 7.15. The molecule has 3 N–H and O–H groups in total. The lowest BCUT2D eigenvalue weighted by Gasteiger charge is -2.26. The second-order valence-corrected chi connectivity index (χ2v) is 4.77. The van der Waals surface area contributed by atoms with Crippen molar-refractivity contribution in [2.45, 2.75) is 0 Å². The highest BCUT2D eigenvalue weighted by atomic mass is 15.9. The third kappa shape index (κ3) is 4.01. The van der Waals surface area contributed by atoms with Crippen LogP contribution in [0, 0.1) is 0 Å². The lowest BCUT2D eigenvalue weighted by atomic mass is 10.3. The molecule has 3 aromatic carbocycles. The fraction of sp³-hybridized carbons (Fsp3) is 0. The molecular weight excluding hydrogens is 272 g/mol. The van der Waals surface area contributed by atoms with E-state index in [-0.39, 0.29) is 0 Å². The van der Waals surface area contributed by atoms with Crippen LogP contribution in [-0.2, 0) is 0 Å². The van der Waals surface area contributed by atoms with Crippen LogP contribution in [0.15, 0.2) is 91.0 Å². The molecule has 0 spiro atoms. The molecule has 0 radical (unpaired) electrons. The molecule has 0 aromatic heterocycles. The molecule has 22 heavy (non-hydrogen) atoms. The molecule has 110 valence electrons. The minimum Gasteiger partial charge on any atom is -0.283 e. The smallest absolute Gasteiger partial charge is 0.0526 e. The van der Waals surface area contributed by atoms with Crippen LogP contribution in [-0.4, -0.2) is 5.23 Å². The van der Waals surface area contributed by atoms with Gasteiger partial charge in [0, 0.05) is 0 Å². The van der Waals surface area contributed by atoms with Crippen LogP contribution >= 0.6 is 0 Å². The topological polar surface area (TPSA) is 39.3 Å². The molecule has 4 nitrogen and oxygen atoms in total. The second kappa shape index (κ2) is 7.15. The Balaban J connectivity index is 1.75. The lowest BCUT2D eigenvalue weighted by molar-refractivity contribution is 0.476. The Morgan fingerprint density at radius 1 is 0.409 bits per heavy atom. The maximum Gasteiger partial charge on any atom is 0.0526 e. The van der Waals surface area contributed by atoms with E-state index in [0.717, 1.165) is 17.1 Å². The Kier molecular flexibility index (Phi) is 4.54. The predicted octanol–water partition coefficient (Wildman–Crippen LogP) is 4.37. The summed E-state index contributed by atoms with van der Waals surface area (Å²) in [4.78, 5) is 0. The molecule has 0 aliphatic rings. The number of rotatable bonds is 6. The van der Waals surface area contributed by atoms with Gasteiger partial charge >= 0.3 is 0 Å². The van der Waals surface area contributed by atoms with E-state index in [1.54, 1.807) is 5.23 Å². The zero-order chi connectivity index (χ0) is 15.0. The molecular formula is C18H18N4. The van der Waals surface area contributed by atoms with Gasteiger partial charge in [-0.25, -0.2) is 0 Å². The predicted molar refractivity (Wildman–Crippen MR) is 92.0 cm³/mol. The molecule has 0 heterocycles. The van der Waals surface area contributed by atoms with Crippen molar-refractivity contribution in [1.29, 1.82) is 0 Å². The summed E-state index contributed by atoms with van der Waals surface area (Å²) in [6.45, 7) is 0. The van der Waals surface area contributed by atoms with Crippen LogP contribution in [0.3, 0.4) is 0 Å². The Bertz CT molecular complexity index is 573. The largest absolute Gasteiger partial charge is 0.283 e. The first kappa shape index (κ1) is 14.0. The van der Waals surface area contributed by atoms with Gasteiger partial charge in [0.2, 0.25) is 0 Å². The van der Waals surface area contributed by atoms with Crippen molar-refractivity contribution in [3.05, 3.63) is 91.0 Å². The van der Waals surface area contributed by atoms with E-state index in [1.807, 2.05) is 91.0 Å². The van der Waals surface area contributed by atoms with Crippen molar-refractivity contribution < 1.29 is 0 Å². The first-order valence-electron chi connectivity index (χ1n) is 7.15. The number of nitrogens with one attached hydrogen (secondary N) is 3. The normalized spacial score (nSPS) is 10.2. The first-order chi connectivity index (χ1) is 10.9. The Morgan fingerprint density at radius 3 is 0.955 bits per heavy atom. The number of benzene rings is 3. The molecule has 0 bridgehead atoms. The highest BCUT2D eigenvalue weighted by Gasteiger charge is 2.04. The van der Waals surface area contributed by atoms with Crippen LogP contribution in [0.2, 0.25) is 0 Å². The van der Waals surface area contributed by atoms with Crippen molar-refractivity contribution in [3.63, 3.8) is 0 Å². The third-order valence-electron chi connectivity index (χ3n) is 3.04. The van der Waals surface area contributed by atoms with Gasteiger partial charge in [0.1, 0.15) is 0 Å². The third-order valence-corrected chi connectivity index (χ3v) is 3.04. The van der Waals surface area contributed by atoms with Crippen LogP contribution in [0.4, 0.5) is 17.1 Å². The Morgan fingerprint density at radius 2 is 0.682 bits per heavy atom. The van der Waals surface area contributed by atoms with Gasteiger partial charge in [0.15, 0.2) is 0 Å². The number of hydrogen-bond donors (Lipinski definition) is 3. The Hall–Kier alpha value is -2.98. The van der Waals surface area contributed by atoms with Gasteiger partial charge in [-0.05, 0) is 41.6 Å². The molecule has 0 aliphatic carbocycles. The van der Waals surface area contributed by atoms with Crippen molar-refractivity contribution in [2.75, 3.05) is 16.3 Å². The maximum absolute atomic E-state index is 3.29. The van der Waals surface area contributed by atoms with Gasteiger partial charge in [-0.15, -0.1) is 0 Å². The molecule has 0 atom stereocenters. The molecule has 0 amide bonds. The van der Waals surface area contributed by atoms with E-state index < -0.39 is 0 Å². The van der Waals surface area contributed by atoms with Gasteiger partial charge in [-0.2, -0.15) is 0 Å². The van der Waals surface area contributed by atoms with Crippen LogP contribution in [0.1, 0.15) is 0 Å². The van der Waals surface area contributed by atoms with E-state index in [0.29, 0.717) is 0 Å². The molecule has 3 rings (SSSR count). The SMILES string of the molecule is c1ccc(NN(Nc2ccccc2)Nc2ccccc2)cc1. The molecule has 3 aromatic rings. The number of hydrazine groups is 3. The molecule has 0 saturated carbocycles. The van der Waals surface area contributed by atoms with E-state index in [1.165, 1.54) is 0 Å². The summed E-state index contributed by atoms with van der Waals surface area (Å²) in [6.07, 6.45) is 0. The van der Waals surface area contributed by atoms with Crippen molar-refractivity contribution >= 4 is 17.1 Å². The fourth-order valence-electron chi connectivity index (χ4n) is 2.01. The maximum atomic E-state index is 3.29. The highest BCUT2D eigenvalue weighted by Crippen LogP contribution is 2.13. The summed E-state index contributed by atoms with van der Waals surface area (Å²) in [5.74, 6) is 0. The fourth-order valence-corrected chi connectivity index (χ4v) is 2.01. The quantitative estimate of drug-likeness (QED) is 0.590. The minimum absolute atomic E-state index is 0.981. The number of nitrogens with zero attached hydrogens (tertiary/aromatic N) is 1. The summed E-state index contributed by atoms with van der Waals surface area (Å²) in [7, 11) is 0. The number of para-hydroxylation sites is 3. The van der Waals surface area contributed by atoms with E-state index in [2.05, 4.69) is 16.3 Å². The number of anilines is 3. The van der Waals surface area contributed by atoms with E-state index >= 15 is 0 Å². The molecule has 0 saturated heterocycles. The van der Waals surface area contributed by atoms with Crippen LogP contribution < -0.4 is 16.3 Å². The zero-order valence-electron chi connectivity index (χ0n) is 12.1. The second-order valence-electron chi connectivity index (χ2n) is 4.77. The van der Waals surface area contributed by atoms with Crippen molar-refractivity contribution in [1.82, 2.24) is 5.23 Å². The Labute approximate surface area is 130 Å². The van der Waals surface area contributed by atoms with Crippen molar-refractivity contribution in [2.24, 2.45) is 0 Å². The highest BCUT2D eigenvalue weighted by molar-refractivity contribution is 5.49. The van der Waals surface area contributed by atoms with Gasteiger partial charge in [-0.3, -0.25) is 16.3 Å². The summed E-state index contributed by atoms with van der Waals surface area (Å²) in [6, 6.07) is 30.0. The summed E-state index contributed by atoms with van der Waals surface area (Å²) < 4.78 is 0. The summed E-state index contributed by atoms with van der Waals surface area (Å²) >= 11 is 0. The van der Waals surface area contributed by atoms with Gasteiger partial charge in [-0.1, -0.05) is 54.6 Å². The minimum atomic E-state index is 0.981. The molecule has 0 fully saturated rings. The monoisotopic (exact) mass is 290 g/mol. The summed E-state index contributed by atoms with van der Waals surface area (Å²) in [5.41, 5.74) is 12.8. The van der Waals surface area contributed by atoms with Gasteiger partial charge in [0.25, 0.3) is 0 Å². The number of hydrogen-bond acceptors (Lipinski definition) is 4. The zero-order valence-corrected chi connectivity index (χ0v) is 12.1. The van der Waals surface area contributed by atoms with Crippen LogP contribution in [0.5, 0.6) is 0 Å². The van der Waals surface area contributed by atoms with Gasteiger partial charge in [0.05, 0.1) is 17.1 Å². The van der Waals surface area contributed by atoms with Crippen molar-refractivity contribution in [3.8, 4) is 0 Å². The molecule has 0 unspecified atom stereocenters. The average molecular weight is 290 g/mol.